The minimum Gasteiger partial charge on any atom is -0.496 e. The number of nitrogens with zero attached hydrogens (tertiary/aromatic N) is 3. The van der Waals surface area contributed by atoms with Gasteiger partial charge in [-0.1, -0.05) is 12.1 Å². The molecule has 1 aromatic heterocycles. The number of halogens is 4. The maximum atomic E-state index is 13.0. The quantitative estimate of drug-likeness (QED) is 0.274. The number of nitrogens with one attached hydrogen (secondary N) is 1. The van der Waals surface area contributed by atoms with Crippen molar-refractivity contribution in [2.75, 3.05) is 13.7 Å². The minimum atomic E-state index is -4.26. The minimum absolute atomic E-state index is 0.296. The van der Waals surface area contributed by atoms with Gasteiger partial charge in [-0.15, -0.1) is 0 Å². The first kappa shape index (κ1) is 24.8. The number of carbonyl (C=O) groups excluding carboxylic acids is 1. The number of ether oxygens (including phenoxy) is 2. The standard InChI is InChI=1S/C22H20F4N4O4/c1-33-18-7-6-14(8-15(18)11-34-12-22(25,26)21(23)24)9-28-29-19(31)10-30-13-27-17-5-3-2-4-16(17)20(30)32/h2-9,13,21H,10-12H2,1H3,(H,29,31). The second-order valence-corrected chi connectivity index (χ2v) is 7.11. The molecular formula is C22H20F4N4O4. The van der Waals surface area contributed by atoms with Crippen molar-refractivity contribution in [1.82, 2.24) is 15.0 Å². The lowest BCUT2D eigenvalue weighted by molar-refractivity contribution is -0.168. The topological polar surface area (TPSA) is 94.8 Å². The molecular weight excluding hydrogens is 460 g/mol. The number of hydrogen-bond donors (Lipinski definition) is 1. The Bertz CT molecular complexity index is 1250. The van der Waals surface area contributed by atoms with Crippen molar-refractivity contribution in [3.05, 3.63) is 70.3 Å². The van der Waals surface area contributed by atoms with Crippen LogP contribution in [0.15, 0.2) is 58.7 Å². The number of methoxy groups -OCH3 is 1. The summed E-state index contributed by atoms with van der Waals surface area (Å²) in [4.78, 5) is 28.7. The van der Waals surface area contributed by atoms with E-state index in [0.29, 0.717) is 27.8 Å². The van der Waals surface area contributed by atoms with Gasteiger partial charge in [0.1, 0.15) is 18.9 Å². The van der Waals surface area contributed by atoms with Gasteiger partial charge >= 0.3 is 12.3 Å². The molecule has 3 rings (SSSR count). The third-order valence-corrected chi connectivity index (χ3v) is 4.62. The Morgan fingerprint density at radius 2 is 2.03 bits per heavy atom. The Morgan fingerprint density at radius 1 is 1.26 bits per heavy atom. The number of fused-ring (bicyclic) bond motifs is 1. The monoisotopic (exact) mass is 480 g/mol. The van der Waals surface area contributed by atoms with Gasteiger partial charge in [-0.05, 0) is 35.9 Å². The molecule has 12 heteroatoms. The van der Waals surface area contributed by atoms with E-state index < -0.39 is 31.5 Å². The molecule has 0 aliphatic heterocycles. The van der Waals surface area contributed by atoms with E-state index in [4.69, 9.17) is 9.47 Å². The maximum Gasteiger partial charge on any atom is 0.330 e. The summed E-state index contributed by atoms with van der Waals surface area (Å²) >= 11 is 0. The number of hydrogen-bond acceptors (Lipinski definition) is 6. The Kier molecular flexibility index (Phi) is 7.95. The van der Waals surface area contributed by atoms with E-state index in [0.717, 1.165) is 4.57 Å². The van der Waals surface area contributed by atoms with E-state index >= 15 is 0 Å². The fourth-order valence-corrected chi connectivity index (χ4v) is 2.94. The molecule has 0 unspecified atom stereocenters. The number of aromatic nitrogens is 2. The number of para-hydroxylation sites is 1. The van der Waals surface area contributed by atoms with Crippen LogP contribution in [0.1, 0.15) is 11.1 Å². The number of rotatable bonds is 10. The molecule has 180 valence electrons. The van der Waals surface area contributed by atoms with Crippen LogP contribution in [0.3, 0.4) is 0 Å². The average molecular weight is 480 g/mol. The van der Waals surface area contributed by atoms with Crippen molar-refractivity contribution in [3.63, 3.8) is 0 Å². The Morgan fingerprint density at radius 3 is 2.76 bits per heavy atom. The predicted octanol–water partition coefficient (Wildman–Crippen LogP) is 2.97. The molecule has 0 spiro atoms. The van der Waals surface area contributed by atoms with E-state index in [9.17, 15) is 27.2 Å². The number of carbonyl (C=O) groups is 1. The van der Waals surface area contributed by atoms with Crippen LogP contribution in [-0.2, 0) is 22.7 Å². The summed E-state index contributed by atoms with van der Waals surface area (Å²) in [7, 11) is 1.35. The van der Waals surface area contributed by atoms with Crippen molar-refractivity contribution in [1.29, 1.82) is 0 Å². The Labute approximate surface area is 190 Å². The molecule has 8 nitrogen and oxygen atoms in total. The summed E-state index contributed by atoms with van der Waals surface area (Å²) in [6.07, 6.45) is -1.30. The van der Waals surface area contributed by atoms with Gasteiger partial charge in [-0.25, -0.2) is 19.2 Å². The maximum absolute atomic E-state index is 13.0. The van der Waals surface area contributed by atoms with E-state index in [1.54, 1.807) is 30.3 Å². The molecule has 0 atom stereocenters. The van der Waals surface area contributed by atoms with Gasteiger partial charge in [-0.2, -0.15) is 13.9 Å². The lowest BCUT2D eigenvalue weighted by atomic mass is 10.1. The molecule has 1 heterocycles. The third kappa shape index (κ3) is 6.16. The first-order valence-corrected chi connectivity index (χ1v) is 9.88. The molecule has 3 aromatic rings. The summed E-state index contributed by atoms with van der Waals surface area (Å²) in [6.45, 7) is -2.17. The van der Waals surface area contributed by atoms with Crippen molar-refractivity contribution in [2.24, 2.45) is 5.10 Å². The van der Waals surface area contributed by atoms with Gasteiger partial charge in [0.2, 0.25) is 0 Å². The molecule has 1 N–H and O–H groups in total. The molecule has 2 aromatic carbocycles. The fraction of sp³-hybridized carbons (Fsp3) is 0.273. The second-order valence-electron chi connectivity index (χ2n) is 7.11. The highest BCUT2D eigenvalue weighted by Crippen LogP contribution is 2.25. The third-order valence-electron chi connectivity index (χ3n) is 4.62. The van der Waals surface area contributed by atoms with Gasteiger partial charge in [0, 0.05) is 5.56 Å². The zero-order valence-electron chi connectivity index (χ0n) is 17.9. The molecule has 0 saturated carbocycles. The first-order valence-electron chi connectivity index (χ1n) is 9.88. The second kappa shape index (κ2) is 10.9. The molecule has 1 amide bonds. The molecule has 0 radical (unpaired) electrons. The van der Waals surface area contributed by atoms with Crippen LogP contribution in [0.25, 0.3) is 10.9 Å². The molecule has 0 saturated heterocycles. The smallest absolute Gasteiger partial charge is 0.330 e. The molecule has 0 aliphatic carbocycles. The van der Waals surface area contributed by atoms with Gasteiger partial charge < -0.3 is 9.47 Å². The summed E-state index contributed by atoms with van der Waals surface area (Å²) in [5, 5.41) is 4.18. The van der Waals surface area contributed by atoms with Crippen LogP contribution in [0.5, 0.6) is 5.75 Å². The lowest BCUT2D eigenvalue weighted by Gasteiger charge is -2.16. The molecule has 0 fully saturated rings. The first-order chi connectivity index (χ1) is 16.2. The van der Waals surface area contributed by atoms with Gasteiger partial charge in [0.05, 0.1) is 37.2 Å². The van der Waals surface area contributed by atoms with Crippen molar-refractivity contribution < 1.29 is 31.8 Å². The van der Waals surface area contributed by atoms with Crippen LogP contribution < -0.4 is 15.7 Å². The molecule has 34 heavy (non-hydrogen) atoms. The highest BCUT2D eigenvalue weighted by molar-refractivity contribution is 5.83. The number of hydrazone groups is 1. The van der Waals surface area contributed by atoms with Gasteiger partial charge in [0.15, 0.2) is 0 Å². The van der Waals surface area contributed by atoms with E-state index in [2.05, 4.69) is 15.5 Å². The average Bonchev–Trinajstić information content (AvgIpc) is 2.81. The summed E-state index contributed by atoms with van der Waals surface area (Å²) in [5.41, 5.74) is 3.18. The number of alkyl halides is 4. The Balaban J connectivity index is 1.62. The summed E-state index contributed by atoms with van der Waals surface area (Å²) in [5.74, 6) is -4.55. The van der Waals surface area contributed by atoms with E-state index in [1.807, 2.05) is 0 Å². The highest BCUT2D eigenvalue weighted by atomic mass is 19.3. The van der Waals surface area contributed by atoms with Crippen molar-refractivity contribution >= 4 is 23.0 Å². The lowest BCUT2D eigenvalue weighted by Crippen LogP contribution is -2.32. The van der Waals surface area contributed by atoms with E-state index in [-0.39, 0.29) is 12.1 Å². The largest absolute Gasteiger partial charge is 0.496 e. The van der Waals surface area contributed by atoms with Crippen molar-refractivity contribution in [3.8, 4) is 5.75 Å². The SMILES string of the molecule is COc1ccc(C=NNC(=O)Cn2cnc3ccccc3c2=O)cc1COCC(F)(F)C(F)F. The number of benzene rings is 2. The van der Waals surface area contributed by atoms with Crippen LogP contribution in [0.2, 0.25) is 0 Å². The van der Waals surface area contributed by atoms with E-state index in [1.165, 1.54) is 31.8 Å². The normalized spacial score (nSPS) is 11.9. The fourth-order valence-electron chi connectivity index (χ4n) is 2.94. The summed E-state index contributed by atoms with van der Waals surface area (Å²) in [6, 6.07) is 11.3. The zero-order valence-corrected chi connectivity index (χ0v) is 17.9. The van der Waals surface area contributed by atoms with Crippen LogP contribution >= 0.6 is 0 Å². The van der Waals surface area contributed by atoms with Crippen molar-refractivity contribution in [2.45, 2.75) is 25.5 Å². The number of amides is 1. The van der Waals surface area contributed by atoms with Crippen LogP contribution in [0.4, 0.5) is 17.6 Å². The highest BCUT2D eigenvalue weighted by Gasteiger charge is 2.41. The zero-order chi connectivity index (χ0) is 24.7. The predicted molar refractivity (Wildman–Crippen MR) is 115 cm³/mol. The van der Waals surface area contributed by atoms with Gasteiger partial charge in [-0.3, -0.25) is 14.2 Å². The van der Waals surface area contributed by atoms with Crippen LogP contribution in [0, 0.1) is 0 Å². The van der Waals surface area contributed by atoms with Crippen LogP contribution in [-0.4, -0.2) is 47.7 Å². The van der Waals surface area contributed by atoms with Gasteiger partial charge in [0.25, 0.3) is 11.5 Å². The molecule has 0 bridgehead atoms. The summed E-state index contributed by atoms with van der Waals surface area (Å²) < 4.78 is 61.5. The molecule has 0 aliphatic rings. The Hall–Kier alpha value is -3.80.